The number of carbonyl (C=O) groups excluding carboxylic acids is 2. The van der Waals surface area contributed by atoms with Crippen LogP contribution in [-0.2, 0) is 0 Å². The van der Waals surface area contributed by atoms with Crippen molar-refractivity contribution in [3.05, 3.63) is 53.6 Å². The first kappa shape index (κ1) is 13.4. The summed E-state index contributed by atoms with van der Waals surface area (Å²) in [4.78, 5) is 22.1. The minimum absolute atomic E-state index is 0.332. The van der Waals surface area contributed by atoms with Crippen LogP contribution in [0.15, 0.2) is 42.5 Å². The third kappa shape index (κ3) is 2.86. The van der Waals surface area contributed by atoms with Crippen molar-refractivity contribution >= 4 is 28.9 Å². The molecule has 0 saturated heterocycles. The summed E-state index contributed by atoms with van der Waals surface area (Å²) in [5, 5.41) is 3.05. The molecule has 0 bridgehead atoms. The van der Waals surface area contributed by atoms with Crippen LogP contribution in [0.1, 0.15) is 20.7 Å². The molecule has 0 saturated carbocycles. The number of benzene rings is 2. The highest BCUT2D eigenvalue weighted by atomic mass is 16.1. The van der Waals surface area contributed by atoms with Crippen LogP contribution in [0.2, 0.25) is 0 Å². The predicted molar refractivity (Wildman–Crippen MR) is 77.6 cm³/mol. The van der Waals surface area contributed by atoms with E-state index >= 15 is 0 Å². The van der Waals surface area contributed by atoms with Gasteiger partial charge in [0.2, 0.25) is 11.8 Å². The minimum Gasteiger partial charge on any atom is -0.397 e. The summed E-state index contributed by atoms with van der Waals surface area (Å²) in [6, 6.07) is 11.4. The first-order valence-electron chi connectivity index (χ1n) is 5.83. The van der Waals surface area contributed by atoms with Crippen LogP contribution < -0.4 is 22.5 Å². The van der Waals surface area contributed by atoms with Crippen LogP contribution in [0.4, 0.5) is 17.1 Å². The number of nitrogen functional groups attached to an aromatic ring is 1. The van der Waals surface area contributed by atoms with Crippen LogP contribution in [0.25, 0.3) is 0 Å². The van der Waals surface area contributed by atoms with Crippen molar-refractivity contribution in [3.8, 4) is 0 Å². The van der Waals surface area contributed by atoms with E-state index < -0.39 is 11.8 Å². The van der Waals surface area contributed by atoms with Crippen molar-refractivity contribution in [2.24, 2.45) is 11.5 Å². The van der Waals surface area contributed by atoms with E-state index in [0.29, 0.717) is 28.2 Å². The number of rotatable bonds is 4. The Morgan fingerprint density at radius 2 is 1.55 bits per heavy atom. The van der Waals surface area contributed by atoms with Gasteiger partial charge in [0, 0.05) is 16.8 Å². The van der Waals surface area contributed by atoms with E-state index in [9.17, 15) is 9.59 Å². The summed E-state index contributed by atoms with van der Waals surface area (Å²) >= 11 is 0. The van der Waals surface area contributed by atoms with Crippen molar-refractivity contribution in [2.75, 3.05) is 11.1 Å². The van der Waals surface area contributed by atoms with Crippen LogP contribution in [0.5, 0.6) is 0 Å². The second-order valence-electron chi connectivity index (χ2n) is 4.24. The van der Waals surface area contributed by atoms with Crippen LogP contribution in [-0.4, -0.2) is 11.8 Å². The summed E-state index contributed by atoms with van der Waals surface area (Å²) in [5.41, 5.74) is 18.6. The molecule has 6 heteroatoms. The second-order valence-corrected chi connectivity index (χ2v) is 4.24. The van der Waals surface area contributed by atoms with E-state index in [1.165, 1.54) is 6.07 Å². The molecule has 0 aliphatic rings. The summed E-state index contributed by atoms with van der Waals surface area (Å²) in [6.45, 7) is 0. The van der Waals surface area contributed by atoms with Crippen molar-refractivity contribution in [1.82, 2.24) is 0 Å². The van der Waals surface area contributed by atoms with Gasteiger partial charge in [-0.2, -0.15) is 0 Å². The Balaban J connectivity index is 2.28. The summed E-state index contributed by atoms with van der Waals surface area (Å²) < 4.78 is 0. The molecule has 0 aromatic heterocycles. The fraction of sp³-hybridized carbons (Fsp3) is 0. The molecule has 0 aliphatic carbocycles. The number of hydrogen-bond acceptors (Lipinski definition) is 4. The lowest BCUT2D eigenvalue weighted by Crippen LogP contribution is -2.12. The standard InChI is InChI=1S/C14H14N4O2/c15-11-7-9(14(17)20)4-5-12(11)18-10-3-1-2-8(6-10)13(16)19/h1-7,18H,15H2,(H2,16,19)(H2,17,20). The van der Waals surface area contributed by atoms with E-state index in [0.717, 1.165) is 0 Å². The SMILES string of the molecule is NC(=O)c1cccc(Nc2ccc(C(N)=O)cc2N)c1. The zero-order valence-corrected chi connectivity index (χ0v) is 10.6. The van der Waals surface area contributed by atoms with E-state index in [2.05, 4.69) is 5.32 Å². The van der Waals surface area contributed by atoms with Gasteiger partial charge < -0.3 is 22.5 Å². The summed E-state index contributed by atoms with van der Waals surface area (Å²) in [6.07, 6.45) is 0. The molecule has 102 valence electrons. The van der Waals surface area contributed by atoms with Crippen LogP contribution >= 0.6 is 0 Å². The van der Waals surface area contributed by atoms with Crippen molar-refractivity contribution < 1.29 is 9.59 Å². The lowest BCUT2D eigenvalue weighted by atomic mass is 10.1. The van der Waals surface area contributed by atoms with Crippen molar-refractivity contribution in [2.45, 2.75) is 0 Å². The van der Waals surface area contributed by atoms with Gasteiger partial charge in [0.05, 0.1) is 11.4 Å². The molecule has 20 heavy (non-hydrogen) atoms. The zero-order chi connectivity index (χ0) is 14.7. The lowest BCUT2D eigenvalue weighted by molar-refractivity contribution is 0.0992. The number of carbonyl (C=O) groups is 2. The number of primary amides is 2. The van der Waals surface area contributed by atoms with Gasteiger partial charge in [-0.3, -0.25) is 9.59 Å². The largest absolute Gasteiger partial charge is 0.397 e. The fourth-order valence-corrected chi connectivity index (χ4v) is 1.74. The maximum Gasteiger partial charge on any atom is 0.248 e. The van der Waals surface area contributed by atoms with E-state index in [-0.39, 0.29) is 0 Å². The average Bonchev–Trinajstić information content (AvgIpc) is 2.41. The zero-order valence-electron chi connectivity index (χ0n) is 10.6. The predicted octanol–water partition coefficient (Wildman–Crippen LogP) is 1.21. The summed E-state index contributed by atoms with van der Waals surface area (Å²) in [5.74, 6) is -1.05. The molecule has 0 spiro atoms. The number of amides is 2. The average molecular weight is 270 g/mol. The van der Waals surface area contributed by atoms with Gasteiger partial charge in [0.25, 0.3) is 0 Å². The van der Waals surface area contributed by atoms with Gasteiger partial charge >= 0.3 is 0 Å². The number of hydrogen-bond donors (Lipinski definition) is 4. The maximum absolute atomic E-state index is 11.1. The third-order valence-corrected chi connectivity index (χ3v) is 2.76. The summed E-state index contributed by atoms with van der Waals surface area (Å²) in [7, 11) is 0. The Bertz CT molecular complexity index is 683. The first-order chi connectivity index (χ1) is 9.47. The van der Waals surface area contributed by atoms with Crippen molar-refractivity contribution in [3.63, 3.8) is 0 Å². The van der Waals surface area contributed by atoms with Crippen molar-refractivity contribution in [1.29, 1.82) is 0 Å². The fourth-order valence-electron chi connectivity index (χ4n) is 1.74. The number of nitrogens with one attached hydrogen (secondary N) is 1. The molecular formula is C14H14N4O2. The smallest absolute Gasteiger partial charge is 0.248 e. The molecule has 0 radical (unpaired) electrons. The second kappa shape index (κ2) is 5.31. The highest BCUT2D eigenvalue weighted by Gasteiger charge is 2.06. The molecule has 7 N–H and O–H groups in total. The van der Waals surface area contributed by atoms with Gasteiger partial charge in [0.1, 0.15) is 0 Å². The Kier molecular flexibility index (Phi) is 3.56. The normalized spacial score (nSPS) is 10.0. The molecule has 2 aromatic rings. The van der Waals surface area contributed by atoms with Gasteiger partial charge in [-0.25, -0.2) is 0 Å². The third-order valence-electron chi connectivity index (χ3n) is 2.76. The molecule has 2 rings (SSSR count). The Morgan fingerprint density at radius 1 is 0.900 bits per heavy atom. The number of nitrogens with two attached hydrogens (primary N) is 3. The Morgan fingerprint density at radius 3 is 2.15 bits per heavy atom. The highest BCUT2D eigenvalue weighted by Crippen LogP contribution is 2.24. The van der Waals surface area contributed by atoms with Gasteiger partial charge in [-0.15, -0.1) is 0 Å². The van der Waals surface area contributed by atoms with Gasteiger partial charge in [-0.1, -0.05) is 6.07 Å². The Labute approximate surface area is 115 Å². The molecule has 0 unspecified atom stereocenters. The maximum atomic E-state index is 11.1. The number of anilines is 3. The van der Waals surface area contributed by atoms with Crippen LogP contribution in [0.3, 0.4) is 0 Å². The van der Waals surface area contributed by atoms with Gasteiger partial charge in [-0.05, 0) is 36.4 Å². The van der Waals surface area contributed by atoms with Crippen LogP contribution in [0, 0.1) is 0 Å². The topological polar surface area (TPSA) is 124 Å². The molecule has 6 nitrogen and oxygen atoms in total. The van der Waals surface area contributed by atoms with E-state index in [4.69, 9.17) is 17.2 Å². The molecule has 0 aliphatic heterocycles. The van der Waals surface area contributed by atoms with E-state index in [1.807, 2.05) is 0 Å². The molecule has 2 amide bonds. The monoisotopic (exact) mass is 270 g/mol. The molecule has 0 atom stereocenters. The Hall–Kier alpha value is -3.02. The molecule has 0 heterocycles. The first-order valence-corrected chi connectivity index (χ1v) is 5.83. The van der Waals surface area contributed by atoms with Gasteiger partial charge in [0.15, 0.2) is 0 Å². The molecular weight excluding hydrogens is 256 g/mol. The van der Waals surface area contributed by atoms with E-state index in [1.54, 1.807) is 36.4 Å². The molecule has 0 fully saturated rings. The lowest BCUT2D eigenvalue weighted by Gasteiger charge is -2.10. The quantitative estimate of drug-likeness (QED) is 0.623. The molecule has 2 aromatic carbocycles. The minimum atomic E-state index is -0.543. The highest BCUT2D eigenvalue weighted by molar-refractivity contribution is 5.96.